The van der Waals surface area contributed by atoms with Crippen LogP contribution in [0.1, 0.15) is 22.3 Å². The van der Waals surface area contributed by atoms with E-state index in [-0.39, 0.29) is 5.41 Å². The standard InChI is InChI=1S/C51H30O/c1-2-13-36-32(10-1)26-28-45-50(36)40-15-4-6-19-43(40)51(45)42-18-5-3-14-39(42)49-37(16-9-20-44(49)51)33-24-22-31(23-25-33)35-27-29-46-41(30-35)38-17-7-11-34-12-8-21-47(52-46)48(34)38/h1-30H. The molecule has 1 heterocycles. The first-order valence-electron chi connectivity index (χ1n) is 18.1. The lowest BCUT2D eigenvalue weighted by Crippen LogP contribution is -2.25. The van der Waals surface area contributed by atoms with Crippen LogP contribution in [-0.2, 0) is 5.41 Å². The Morgan fingerprint density at radius 3 is 1.77 bits per heavy atom. The third-order valence-electron chi connectivity index (χ3n) is 11.9. The second kappa shape index (κ2) is 10.2. The fourth-order valence-electron chi connectivity index (χ4n) is 9.78. The van der Waals surface area contributed by atoms with E-state index >= 15 is 0 Å². The van der Waals surface area contributed by atoms with Crippen molar-refractivity contribution in [2.24, 2.45) is 0 Å². The Morgan fingerprint density at radius 2 is 0.923 bits per heavy atom. The van der Waals surface area contributed by atoms with Crippen molar-refractivity contribution >= 4 is 21.5 Å². The molecule has 1 heteroatoms. The van der Waals surface area contributed by atoms with Crippen LogP contribution in [0.3, 0.4) is 0 Å². The quantitative estimate of drug-likeness (QED) is 0.180. The van der Waals surface area contributed by atoms with Crippen molar-refractivity contribution in [2.45, 2.75) is 5.41 Å². The highest BCUT2D eigenvalue weighted by Crippen LogP contribution is 2.64. The number of ether oxygens (including phenoxy) is 1. The minimum atomic E-state index is -0.384. The Hall–Kier alpha value is -6.70. The van der Waals surface area contributed by atoms with Gasteiger partial charge in [-0.15, -0.1) is 0 Å². The van der Waals surface area contributed by atoms with Crippen LogP contribution in [-0.4, -0.2) is 0 Å². The Kier molecular flexibility index (Phi) is 5.49. The molecule has 9 aromatic rings. The summed E-state index contributed by atoms with van der Waals surface area (Å²) in [5, 5.41) is 4.98. The summed E-state index contributed by atoms with van der Waals surface area (Å²) < 4.78 is 6.39. The molecule has 1 aliphatic heterocycles. The van der Waals surface area contributed by atoms with E-state index in [0.29, 0.717) is 0 Å². The number of benzene rings is 9. The van der Waals surface area contributed by atoms with Gasteiger partial charge in [-0.2, -0.15) is 0 Å². The largest absolute Gasteiger partial charge is 0.456 e. The summed E-state index contributed by atoms with van der Waals surface area (Å²) >= 11 is 0. The zero-order chi connectivity index (χ0) is 34.0. The summed E-state index contributed by atoms with van der Waals surface area (Å²) in [4.78, 5) is 0. The Balaban J connectivity index is 1.02. The van der Waals surface area contributed by atoms with E-state index in [2.05, 4.69) is 182 Å². The lowest BCUT2D eigenvalue weighted by Gasteiger charge is -2.30. The average molecular weight is 659 g/mol. The zero-order valence-electron chi connectivity index (χ0n) is 28.2. The number of hydrogen-bond donors (Lipinski definition) is 0. The molecule has 3 aliphatic rings. The highest BCUT2D eigenvalue weighted by molar-refractivity contribution is 6.08. The van der Waals surface area contributed by atoms with Gasteiger partial charge in [0.25, 0.3) is 0 Å². The van der Waals surface area contributed by atoms with Crippen LogP contribution in [0.15, 0.2) is 182 Å². The molecule has 1 atom stereocenters. The number of rotatable bonds is 2. The normalized spacial score (nSPS) is 15.5. The molecule has 2 aliphatic carbocycles. The molecule has 0 fully saturated rings. The van der Waals surface area contributed by atoms with E-state index in [9.17, 15) is 0 Å². The molecule has 52 heavy (non-hydrogen) atoms. The van der Waals surface area contributed by atoms with Crippen LogP contribution in [0, 0.1) is 0 Å². The lowest BCUT2D eigenvalue weighted by molar-refractivity contribution is 0.487. The van der Waals surface area contributed by atoms with E-state index in [1.165, 1.54) is 93.9 Å². The summed E-state index contributed by atoms with van der Waals surface area (Å²) in [5.41, 5.74) is 17.7. The smallest absolute Gasteiger partial charge is 0.135 e. The van der Waals surface area contributed by atoms with Gasteiger partial charge in [-0.05, 0) is 107 Å². The Labute approximate surface area is 302 Å². The van der Waals surface area contributed by atoms with Crippen LogP contribution in [0.4, 0.5) is 0 Å². The summed E-state index contributed by atoms with van der Waals surface area (Å²) in [5.74, 6) is 1.83. The molecule has 0 bridgehead atoms. The van der Waals surface area contributed by atoms with Crippen LogP contribution in [0.5, 0.6) is 11.5 Å². The summed E-state index contributed by atoms with van der Waals surface area (Å²) in [6.45, 7) is 0. The van der Waals surface area contributed by atoms with Crippen LogP contribution >= 0.6 is 0 Å². The summed E-state index contributed by atoms with van der Waals surface area (Å²) in [6.07, 6.45) is 0. The highest BCUT2D eigenvalue weighted by Gasteiger charge is 2.52. The van der Waals surface area contributed by atoms with E-state index in [1.54, 1.807) is 0 Å². The molecule has 9 aromatic carbocycles. The van der Waals surface area contributed by atoms with E-state index in [4.69, 9.17) is 4.74 Å². The van der Waals surface area contributed by atoms with Gasteiger partial charge < -0.3 is 4.74 Å². The molecule has 1 spiro atoms. The molecule has 0 aromatic heterocycles. The first kappa shape index (κ1) is 28.0. The van der Waals surface area contributed by atoms with Gasteiger partial charge in [-0.25, -0.2) is 0 Å². The number of hydrogen-bond acceptors (Lipinski definition) is 1. The maximum absolute atomic E-state index is 6.39. The second-order valence-corrected chi connectivity index (χ2v) is 14.3. The summed E-state index contributed by atoms with van der Waals surface area (Å²) in [7, 11) is 0. The first-order chi connectivity index (χ1) is 25.8. The fourth-order valence-corrected chi connectivity index (χ4v) is 9.78. The third-order valence-corrected chi connectivity index (χ3v) is 11.9. The maximum Gasteiger partial charge on any atom is 0.135 e. The monoisotopic (exact) mass is 658 g/mol. The van der Waals surface area contributed by atoms with E-state index < -0.39 is 0 Å². The van der Waals surface area contributed by atoms with Crippen molar-refractivity contribution in [1.29, 1.82) is 0 Å². The molecule has 0 amide bonds. The maximum atomic E-state index is 6.39. The van der Waals surface area contributed by atoms with Gasteiger partial charge in [0.1, 0.15) is 11.5 Å². The average Bonchev–Trinajstić information content (AvgIpc) is 3.69. The van der Waals surface area contributed by atoms with Crippen molar-refractivity contribution in [1.82, 2.24) is 0 Å². The van der Waals surface area contributed by atoms with Gasteiger partial charge in [0.05, 0.1) is 5.41 Å². The topological polar surface area (TPSA) is 9.23 Å². The number of fused-ring (bicyclic) bond motifs is 14. The van der Waals surface area contributed by atoms with Gasteiger partial charge in [-0.3, -0.25) is 0 Å². The van der Waals surface area contributed by atoms with Gasteiger partial charge in [0.15, 0.2) is 0 Å². The Bertz CT molecular complexity index is 2980. The molecular formula is C51H30O. The lowest BCUT2D eigenvalue weighted by atomic mass is 9.70. The molecule has 1 nitrogen and oxygen atoms in total. The van der Waals surface area contributed by atoms with Crippen molar-refractivity contribution < 1.29 is 4.74 Å². The van der Waals surface area contributed by atoms with Crippen LogP contribution in [0.25, 0.3) is 77.2 Å². The zero-order valence-corrected chi connectivity index (χ0v) is 28.2. The van der Waals surface area contributed by atoms with Gasteiger partial charge in [0.2, 0.25) is 0 Å². The van der Waals surface area contributed by atoms with Gasteiger partial charge in [0, 0.05) is 10.9 Å². The molecular weight excluding hydrogens is 629 g/mol. The predicted octanol–water partition coefficient (Wildman–Crippen LogP) is 13.4. The van der Waals surface area contributed by atoms with Crippen LogP contribution < -0.4 is 4.74 Å². The fraction of sp³-hybridized carbons (Fsp3) is 0.0196. The SMILES string of the molecule is c1ccc2c(c1)-c1c(-c3ccc(-c4ccc5c(c4)-c4cccc6cccc(c46)O5)cc3)cccc1C21c2ccccc2-c2c1ccc1ccccc21. The minimum Gasteiger partial charge on any atom is -0.456 e. The third kappa shape index (κ3) is 3.52. The van der Waals surface area contributed by atoms with E-state index in [1.807, 2.05) is 0 Å². The van der Waals surface area contributed by atoms with Crippen molar-refractivity contribution in [3.8, 4) is 67.1 Å². The molecule has 0 N–H and O–H groups in total. The van der Waals surface area contributed by atoms with Crippen molar-refractivity contribution in [3.05, 3.63) is 204 Å². The second-order valence-electron chi connectivity index (χ2n) is 14.3. The molecule has 12 rings (SSSR count). The minimum absolute atomic E-state index is 0.384. The predicted molar refractivity (Wildman–Crippen MR) is 214 cm³/mol. The molecule has 1 unspecified atom stereocenters. The Morgan fingerprint density at radius 1 is 0.327 bits per heavy atom. The highest BCUT2D eigenvalue weighted by atomic mass is 16.5. The van der Waals surface area contributed by atoms with Gasteiger partial charge >= 0.3 is 0 Å². The van der Waals surface area contributed by atoms with Gasteiger partial charge in [-0.1, -0.05) is 164 Å². The van der Waals surface area contributed by atoms with Crippen LogP contribution in [0.2, 0.25) is 0 Å². The molecule has 0 saturated carbocycles. The summed E-state index contributed by atoms with van der Waals surface area (Å²) in [6, 6.07) is 67.2. The van der Waals surface area contributed by atoms with Crippen molar-refractivity contribution in [2.75, 3.05) is 0 Å². The molecule has 0 saturated heterocycles. The molecule has 240 valence electrons. The van der Waals surface area contributed by atoms with E-state index in [0.717, 1.165) is 17.1 Å². The van der Waals surface area contributed by atoms with Crippen molar-refractivity contribution in [3.63, 3.8) is 0 Å². The first-order valence-corrected chi connectivity index (χ1v) is 18.1. The molecule has 0 radical (unpaired) electrons.